The predicted molar refractivity (Wildman–Crippen MR) is 99.2 cm³/mol. The monoisotopic (exact) mass is 361 g/mol. The Balaban J connectivity index is 1.96. The lowest BCUT2D eigenvalue weighted by molar-refractivity contribution is -0.137. The van der Waals surface area contributed by atoms with Crippen molar-refractivity contribution in [1.29, 1.82) is 0 Å². The van der Waals surface area contributed by atoms with Gasteiger partial charge >= 0.3 is 12.0 Å². The Morgan fingerprint density at radius 2 is 1.96 bits per heavy atom. The van der Waals surface area contributed by atoms with Gasteiger partial charge in [-0.05, 0) is 24.3 Å². The van der Waals surface area contributed by atoms with Crippen molar-refractivity contribution in [2.75, 3.05) is 5.32 Å². The molecule has 1 heterocycles. The molecule has 1 unspecified atom stereocenters. The summed E-state index contributed by atoms with van der Waals surface area (Å²) in [5, 5.41) is 15.0. The normalized spacial score (nSPS) is 12.0. The number of thiazole rings is 1. The van der Waals surface area contributed by atoms with Gasteiger partial charge in [-0.1, -0.05) is 44.2 Å². The Morgan fingerprint density at radius 3 is 2.56 bits per heavy atom. The van der Waals surface area contributed by atoms with Gasteiger partial charge in [-0.15, -0.1) is 11.3 Å². The standard InChI is InChI=1S/C18H23N3O3S/c1-12(2)15-11-19-18(25-15)21-17(24)20-14(8-9-16(22)23)10-13-6-4-3-5-7-13/h3-7,11-12,14H,8-10H2,1-2H3,(H,22,23)(H2,19,20,21,24). The number of rotatable bonds is 8. The van der Waals surface area contributed by atoms with Crippen LogP contribution in [0.25, 0.3) is 0 Å². The number of hydrogen-bond donors (Lipinski definition) is 3. The molecule has 25 heavy (non-hydrogen) atoms. The number of aromatic nitrogens is 1. The quantitative estimate of drug-likeness (QED) is 0.666. The average molecular weight is 361 g/mol. The number of benzene rings is 1. The number of urea groups is 1. The molecule has 2 amide bonds. The number of carboxylic acids is 1. The fraction of sp³-hybridized carbons (Fsp3) is 0.389. The number of nitrogens with zero attached hydrogens (tertiary/aromatic N) is 1. The molecule has 0 fully saturated rings. The van der Waals surface area contributed by atoms with Crippen molar-refractivity contribution in [2.24, 2.45) is 0 Å². The summed E-state index contributed by atoms with van der Waals surface area (Å²) < 4.78 is 0. The summed E-state index contributed by atoms with van der Waals surface area (Å²) in [4.78, 5) is 28.4. The summed E-state index contributed by atoms with van der Waals surface area (Å²) >= 11 is 1.44. The maximum atomic E-state index is 12.2. The van der Waals surface area contributed by atoms with E-state index in [2.05, 4.69) is 29.5 Å². The van der Waals surface area contributed by atoms with E-state index in [4.69, 9.17) is 5.11 Å². The highest BCUT2D eigenvalue weighted by atomic mass is 32.1. The van der Waals surface area contributed by atoms with Gasteiger partial charge in [0.15, 0.2) is 5.13 Å². The Hall–Kier alpha value is -2.41. The Bertz CT molecular complexity index is 701. The molecule has 2 rings (SSSR count). The molecule has 0 saturated heterocycles. The highest BCUT2D eigenvalue weighted by Gasteiger charge is 2.16. The number of carbonyl (C=O) groups excluding carboxylic acids is 1. The molecule has 0 aliphatic heterocycles. The van der Waals surface area contributed by atoms with Crippen LogP contribution in [0, 0.1) is 0 Å². The van der Waals surface area contributed by atoms with Crippen molar-refractivity contribution < 1.29 is 14.7 Å². The molecule has 0 radical (unpaired) electrons. The molecule has 7 heteroatoms. The molecule has 3 N–H and O–H groups in total. The minimum Gasteiger partial charge on any atom is -0.481 e. The third kappa shape index (κ3) is 6.54. The molecule has 2 aromatic rings. The fourth-order valence-electron chi connectivity index (χ4n) is 2.35. The summed E-state index contributed by atoms with van der Waals surface area (Å²) in [5.74, 6) is -0.515. The maximum Gasteiger partial charge on any atom is 0.321 e. The van der Waals surface area contributed by atoms with E-state index in [-0.39, 0.29) is 18.5 Å². The lowest BCUT2D eigenvalue weighted by atomic mass is 10.0. The van der Waals surface area contributed by atoms with Gasteiger partial charge in [-0.2, -0.15) is 0 Å². The topological polar surface area (TPSA) is 91.3 Å². The first-order chi connectivity index (χ1) is 11.9. The van der Waals surface area contributed by atoms with Crippen LogP contribution < -0.4 is 10.6 Å². The van der Waals surface area contributed by atoms with Gasteiger partial charge in [-0.3, -0.25) is 10.1 Å². The van der Waals surface area contributed by atoms with Crippen molar-refractivity contribution >= 4 is 28.5 Å². The summed E-state index contributed by atoms with van der Waals surface area (Å²) in [5.41, 5.74) is 1.05. The van der Waals surface area contributed by atoms with Crippen LogP contribution in [0.2, 0.25) is 0 Å². The molecule has 1 aromatic heterocycles. The third-order valence-corrected chi connectivity index (χ3v) is 4.89. The smallest absolute Gasteiger partial charge is 0.321 e. The van der Waals surface area contributed by atoms with E-state index in [0.717, 1.165) is 10.4 Å². The van der Waals surface area contributed by atoms with E-state index in [1.807, 2.05) is 30.3 Å². The predicted octanol–water partition coefficient (Wildman–Crippen LogP) is 3.86. The first kappa shape index (κ1) is 18.9. The van der Waals surface area contributed by atoms with Crippen LogP contribution in [0.4, 0.5) is 9.93 Å². The van der Waals surface area contributed by atoms with Gasteiger partial charge in [0, 0.05) is 23.5 Å². The molecular weight excluding hydrogens is 338 g/mol. The maximum absolute atomic E-state index is 12.2. The van der Waals surface area contributed by atoms with Gasteiger partial charge in [0.05, 0.1) is 0 Å². The first-order valence-corrected chi connectivity index (χ1v) is 9.04. The number of carboxylic acid groups (broad SMARTS) is 1. The van der Waals surface area contributed by atoms with Crippen molar-refractivity contribution in [3.05, 3.63) is 47.0 Å². The van der Waals surface area contributed by atoms with Crippen molar-refractivity contribution in [3.63, 3.8) is 0 Å². The van der Waals surface area contributed by atoms with Crippen molar-refractivity contribution in [3.8, 4) is 0 Å². The minimum absolute atomic E-state index is 0.00648. The van der Waals surface area contributed by atoms with Crippen LogP contribution in [0.3, 0.4) is 0 Å². The SMILES string of the molecule is CC(C)c1cnc(NC(=O)NC(CCC(=O)O)Cc2ccccc2)s1. The molecule has 0 aliphatic carbocycles. The zero-order valence-corrected chi connectivity index (χ0v) is 15.2. The molecule has 0 aliphatic rings. The largest absolute Gasteiger partial charge is 0.481 e. The van der Waals surface area contributed by atoms with E-state index >= 15 is 0 Å². The van der Waals surface area contributed by atoms with Gasteiger partial charge in [0.2, 0.25) is 0 Å². The van der Waals surface area contributed by atoms with Crippen LogP contribution in [0.15, 0.2) is 36.5 Å². The molecule has 1 aromatic carbocycles. The number of aliphatic carboxylic acids is 1. The van der Waals surface area contributed by atoms with Gasteiger partial charge < -0.3 is 10.4 Å². The number of amides is 2. The van der Waals surface area contributed by atoms with Crippen LogP contribution >= 0.6 is 11.3 Å². The summed E-state index contributed by atoms with van der Waals surface area (Å²) in [6, 6.07) is 9.06. The highest BCUT2D eigenvalue weighted by molar-refractivity contribution is 7.15. The summed E-state index contributed by atoms with van der Waals surface area (Å²) in [7, 11) is 0. The third-order valence-electron chi connectivity index (χ3n) is 3.68. The molecule has 0 spiro atoms. The van der Waals surface area contributed by atoms with Crippen LogP contribution in [0.5, 0.6) is 0 Å². The highest BCUT2D eigenvalue weighted by Crippen LogP contribution is 2.25. The molecular formula is C18H23N3O3S. The molecule has 0 saturated carbocycles. The lowest BCUT2D eigenvalue weighted by Gasteiger charge is -2.18. The van der Waals surface area contributed by atoms with E-state index in [0.29, 0.717) is 23.9 Å². The Labute approximate surface area is 151 Å². The van der Waals surface area contributed by atoms with E-state index in [1.54, 1.807) is 6.20 Å². The minimum atomic E-state index is -0.873. The zero-order chi connectivity index (χ0) is 18.2. The molecule has 6 nitrogen and oxygen atoms in total. The zero-order valence-electron chi connectivity index (χ0n) is 14.4. The van der Waals surface area contributed by atoms with Gasteiger partial charge in [-0.25, -0.2) is 9.78 Å². The summed E-state index contributed by atoms with van der Waals surface area (Å²) in [6.07, 6.45) is 2.72. The second-order valence-corrected chi connectivity index (χ2v) is 7.20. The van der Waals surface area contributed by atoms with Gasteiger partial charge in [0.1, 0.15) is 0 Å². The van der Waals surface area contributed by atoms with Crippen LogP contribution in [-0.2, 0) is 11.2 Å². The second kappa shape index (κ2) is 9.17. The lowest BCUT2D eigenvalue weighted by Crippen LogP contribution is -2.39. The first-order valence-electron chi connectivity index (χ1n) is 8.23. The van der Waals surface area contributed by atoms with Crippen molar-refractivity contribution in [2.45, 2.75) is 45.1 Å². The van der Waals surface area contributed by atoms with Crippen molar-refractivity contribution in [1.82, 2.24) is 10.3 Å². The number of carbonyl (C=O) groups is 2. The Kier molecular flexibility index (Phi) is 6.94. The van der Waals surface area contributed by atoms with Crippen LogP contribution in [-0.4, -0.2) is 28.1 Å². The van der Waals surface area contributed by atoms with E-state index in [1.165, 1.54) is 11.3 Å². The molecule has 0 bridgehead atoms. The average Bonchev–Trinajstić information content (AvgIpc) is 3.02. The number of nitrogens with one attached hydrogen (secondary N) is 2. The van der Waals surface area contributed by atoms with Crippen LogP contribution in [0.1, 0.15) is 43.0 Å². The molecule has 1 atom stereocenters. The Morgan fingerprint density at radius 1 is 1.24 bits per heavy atom. The van der Waals surface area contributed by atoms with Gasteiger partial charge in [0.25, 0.3) is 0 Å². The van der Waals surface area contributed by atoms with E-state index in [9.17, 15) is 9.59 Å². The fourth-order valence-corrected chi connectivity index (χ4v) is 3.16. The number of hydrogen-bond acceptors (Lipinski definition) is 4. The summed E-state index contributed by atoms with van der Waals surface area (Å²) in [6.45, 7) is 4.14. The van der Waals surface area contributed by atoms with E-state index < -0.39 is 5.97 Å². The second-order valence-electron chi connectivity index (χ2n) is 6.14. The molecule has 134 valence electrons. The number of anilines is 1.